The number of para-hydroxylation sites is 1. The van der Waals surface area contributed by atoms with Gasteiger partial charge in [0.1, 0.15) is 5.75 Å². The van der Waals surface area contributed by atoms with Crippen LogP contribution in [0.15, 0.2) is 48.5 Å². The van der Waals surface area contributed by atoms with Crippen LogP contribution >= 0.6 is 12.2 Å². The molecule has 1 saturated carbocycles. The molecule has 188 valence electrons. The van der Waals surface area contributed by atoms with E-state index in [1.54, 1.807) is 36.4 Å². The molecule has 2 amide bonds. The molecule has 7 heteroatoms. The van der Waals surface area contributed by atoms with Crippen molar-refractivity contribution in [3.05, 3.63) is 59.7 Å². The van der Waals surface area contributed by atoms with Crippen molar-refractivity contribution in [3.8, 4) is 5.75 Å². The lowest BCUT2D eigenvalue weighted by Crippen LogP contribution is -2.37. The summed E-state index contributed by atoms with van der Waals surface area (Å²) in [5, 5.41) is 8.96. The minimum Gasteiger partial charge on any atom is -0.494 e. The summed E-state index contributed by atoms with van der Waals surface area (Å²) >= 11 is 5.35. The number of thiocarbonyl (C=S) groups is 1. The van der Waals surface area contributed by atoms with E-state index in [4.69, 9.17) is 17.0 Å². The molecule has 3 N–H and O–H groups in total. The van der Waals surface area contributed by atoms with Gasteiger partial charge in [-0.2, -0.15) is 0 Å². The summed E-state index contributed by atoms with van der Waals surface area (Å²) in [4.78, 5) is 25.5. The van der Waals surface area contributed by atoms with Gasteiger partial charge in [0.15, 0.2) is 5.11 Å². The fraction of sp³-hybridized carbons (Fsp3) is 0.464. The van der Waals surface area contributed by atoms with Crippen molar-refractivity contribution in [3.63, 3.8) is 0 Å². The first kappa shape index (κ1) is 26.7. The average Bonchev–Trinajstić information content (AvgIpc) is 2.87. The van der Waals surface area contributed by atoms with Gasteiger partial charge < -0.3 is 15.4 Å². The van der Waals surface area contributed by atoms with Gasteiger partial charge >= 0.3 is 0 Å². The Morgan fingerprint density at radius 2 is 1.63 bits per heavy atom. The largest absolute Gasteiger partial charge is 0.494 e. The maximum absolute atomic E-state index is 12.8. The van der Waals surface area contributed by atoms with Crippen molar-refractivity contribution >= 4 is 34.8 Å². The van der Waals surface area contributed by atoms with Gasteiger partial charge in [0.25, 0.3) is 11.8 Å². The molecule has 1 fully saturated rings. The van der Waals surface area contributed by atoms with Crippen LogP contribution in [0.1, 0.15) is 91.8 Å². The predicted octanol–water partition coefficient (Wildman–Crippen LogP) is 6.23. The first-order valence-corrected chi connectivity index (χ1v) is 13.2. The Bertz CT molecular complexity index is 972. The minimum absolute atomic E-state index is 0.130. The van der Waals surface area contributed by atoms with Crippen LogP contribution in [0.25, 0.3) is 0 Å². The highest BCUT2D eigenvalue weighted by Crippen LogP contribution is 2.20. The smallest absolute Gasteiger partial charge is 0.257 e. The summed E-state index contributed by atoms with van der Waals surface area (Å²) in [7, 11) is 0. The van der Waals surface area contributed by atoms with Gasteiger partial charge in [-0.25, -0.2) is 0 Å². The highest BCUT2D eigenvalue weighted by molar-refractivity contribution is 7.80. The zero-order valence-corrected chi connectivity index (χ0v) is 21.4. The van der Waals surface area contributed by atoms with Crippen LogP contribution in [-0.2, 0) is 0 Å². The molecular formula is C28H37N3O3S. The normalized spacial score (nSPS) is 13.6. The number of nitrogens with one attached hydrogen (secondary N) is 3. The minimum atomic E-state index is -0.322. The molecule has 0 aromatic heterocycles. The summed E-state index contributed by atoms with van der Waals surface area (Å²) in [6.45, 7) is 2.88. The number of hydrogen-bond donors (Lipinski definition) is 3. The van der Waals surface area contributed by atoms with E-state index in [1.165, 1.54) is 32.1 Å². The first-order chi connectivity index (χ1) is 17.1. The van der Waals surface area contributed by atoms with Crippen LogP contribution in [0.2, 0.25) is 0 Å². The number of unbranched alkanes of at least 4 members (excludes halogenated alkanes) is 4. The van der Waals surface area contributed by atoms with Gasteiger partial charge in [-0.3, -0.25) is 14.9 Å². The molecule has 35 heavy (non-hydrogen) atoms. The second-order valence-electron chi connectivity index (χ2n) is 9.05. The Balaban J connectivity index is 1.48. The molecule has 0 bridgehead atoms. The molecule has 0 radical (unpaired) electrons. The van der Waals surface area contributed by atoms with E-state index >= 15 is 0 Å². The van der Waals surface area contributed by atoms with E-state index in [-0.39, 0.29) is 23.0 Å². The molecule has 1 aliphatic carbocycles. The number of carbonyl (C=O) groups excluding carboxylic acids is 2. The van der Waals surface area contributed by atoms with E-state index in [9.17, 15) is 9.59 Å². The summed E-state index contributed by atoms with van der Waals surface area (Å²) in [6, 6.07) is 14.4. The van der Waals surface area contributed by atoms with Crippen molar-refractivity contribution in [1.82, 2.24) is 10.6 Å². The number of carbonyl (C=O) groups is 2. The maximum atomic E-state index is 12.8. The second-order valence-corrected chi connectivity index (χ2v) is 9.46. The molecule has 2 aromatic carbocycles. The highest BCUT2D eigenvalue weighted by Gasteiger charge is 2.19. The summed E-state index contributed by atoms with van der Waals surface area (Å²) in [5.41, 5.74) is 1.55. The molecule has 0 aliphatic heterocycles. The van der Waals surface area contributed by atoms with Gasteiger partial charge in [-0.1, -0.05) is 64.0 Å². The Morgan fingerprint density at radius 3 is 2.37 bits per heavy atom. The zero-order valence-electron chi connectivity index (χ0n) is 20.6. The third kappa shape index (κ3) is 8.98. The molecule has 6 nitrogen and oxygen atoms in total. The van der Waals surface area contributed by atoms with Gasteiger partial charge in [-0.15, -0.1) is 0 Å². The number of benzene rings is 2. The standard InChI is InChI=1S/C28H37N3O3S/c1-2-3-4-5-11-20-34-23-18-16-21(17-19-23)26(32)31-28(35)30-25-15-10-9-14-24(25)27(33)29-22-12-7-6-8-13-22/h9-10,14-19,22H,2-8,11-13,20H2,1H3,(H,29,33)(H2,30,31,32,35). The van der Waals surface area contributed by atoms with Crippen LogP contribution in [0.4, 0.5) is 5.69 Å². The van der Waals surface area contributed by atoms with Crippen LogP contribution < -0.4 is 20.7 Å². The van der Waals surface area contributed by atoms with Crippen molar-refractivity contribution in [2.75, 3.05) is 11.9 Å². The highest BCUT2D eigenvalue weighted by atomic mass is 32.1. The summed E-state index contributed by atoms with van der Waals surface area (Å²) in [5.74, 6) is 0.295. The Labute approximate surface area is 214 Å². The molecule has 0 saturated heterocycles. The first-order valence-electron chi connectivity index (χ1n) is 12.8. The van der Waals surface area contributed by atoms with Gasteiger partial charge in [-0.05, 0) is 67.9 Å². The van der Waals surface area contributed by atoms with E-state index in [1.807, 2.05) is 12.1 Å². The van der Waals surface area contributed by atoms with E-state index in [0.29, 0.717) is 23.4 Å². The molecule has 0 heterocycles. The molecule has 0 spiro atoms. The Kier molecular flexibility index (Phi) is 11.0. The van der Waals surface area contributed by atoms with Crippen molar-refractivity contribution in [1.29, 1.82) is 0 Å². The molecule has 0 atom stereocenters. The quantitative estimate of drug-likeness (QED) is 0.255. The fourth-order valence-corrected chi connectivity index (χ4v) is 4.43. The van der Waals surface area contributed by atoms with Gasteiger partial charge in [0, 0.05) is 11.6 Å². The average molecular weight is 496 g/mol. The fourth-order valence-electron chi connectivity index (χ4n) is 4.23. The number of ether oxygens (including phenoxy) is 1. The van der Waals surface area contributed by atoms with Gasteiger partial charge in [0.05, 0.1) is 17.9 Å². The molecule has 2 aromatic rings. The van der Waals surface area contributed by atoms with Crippen LogP contribution in [0, 0.1) is 0 Å². The lowest BCUT2D eigenvalue weighted by molar-refractivity contribution is 0.0927. The van der Waals surface area contributed by atoms with E-state index in [0.717, 1.165) is 37.9 Å². The SMILES string of the molecule is CCCCCCCOc1ccc(C(=O)NC(=S)Nc2ccccc2C(=O)NC2CCCCC2)cc1. The van der Waals surface area contributed by atoms with Crippen molar-refractivity contribution < 1.29 is 14.3 Å². The lowest BCUT2D eigenvalue weighted by Gasteiger charge is -2.23. The number of hydrogen-bond acceptors (Lipinski definition) is 4. The van der Waals surface area contributed by atoms with Crippen LogP contribution in [-0.4, -0.2) is 29.6 Å². The zero-order chi connectivity index (χ0) is 24.9. The second kappa shape index (κ2) is 14.5. The Morgan fingerprint density at radius 1 is 0.914 bits per heavy atom. The molecule has 3 rings (SSSR count). The third-order valence-electron chi connectivity index (χ3n) is 6.22. The monoisotopic (exact) mass is 495 g/mol. The Hall–Kier alpha value is -2.93. The molecular weight excluding hydrogens is 458 g/mol. The summed E-state index contributed by atoms with van der Waals surface area (Å²) < 4.78 is 5.76. The molecule has 1 aliphatic rings. The van der Waals surface area contributed by atoms with E-state index < -0.39 is 0 Å². The van der Waals surface area contributed by atoms with Crippen LogP contribution in [0.3, 0.4) is 0 Å². The number of amides is 2. The maximum Gasteiger partial charge on any atom is 0.257 e. The van der Waals surface area contributed by atoms with Crippen molar-refractivity contribution in [2.24, 2.45) is 0 Å². The van der Waals surface area contributed by atoms with E-state index in [2.05, 4.69) is 22.9 Å². The number of anilines is 1. The van der Waals surface area contributed by atoms with Crippen LogP contribution in [0.5, 0.6) is 5.75 Å². The topological polar surface area (TPSA) is 79.5 Å². The van der Waals surface area contributed by atoms with Gasteiger partial charge in [0.2, 0.25) is 0 Å². The predicted molar refractivity (Wildman–Crippen MR) is 145 cm³/mol. The molecule has 0 unspecified atom stereocenters. The van der Waals surface area contributed by atoms with Crippen molar-refractivity contribution in [2.45, 2.75) is 77.2 Å². The number of rotatable bonds is 11. The lowest BCUT2D eigenvalue weighted by atomic mass is 9.95. The summed E-state index contributed by atoms with van der Waals surface area (Å²) in [6.07, 6.45) is 11.5. The third-order valence-corrected chi connectivity index (χ3v) is 6.42.